The largest absolute Gasteiger partial charge is 0.399 e. The van der Waals surface area contributed by atoms with E-state index in [1.165, 1.54) is 50.1 Å². The van der Waals surface area contributed by atoms with Gasteiger partial charge in [0, 0.05) is 11.4 Å². The third-order valence-corrected chi connectivity index (χ3v) is 6.39. The summed E-state index contributed by atoms with van der Waals surface area (Å²) in [6.45, 7) is 2.15. The molecule has 2 aliphatic carbocycles. The summed E-state index contributed by atoms with van der Waals surface area (Å²) in [4.78, 5) is 0. The van der Waals surface area contributed by atoms with Crippen LogP contribution in [0.25, 0.3) is 22.3 Å². The van der Waals surface area contributed by atoms with E-state index < -0.39 is 0 Å². The second-order valence-electron chi connectivity index (χ2n) is 7.95. The zero-order valence-corrected chi connectivity index (χ0v) is 15.7. The topological polar surface area (TPSA) is 52.0 Å². The van der Waals surface area contributed by atoms with Crippen LogP contribution in [0.15, 0.2) is 78.9 Å². The van der Waals surface area contributed by atoms with Crippen LogP contribution in [-0.2, 0) is 5.41 Å². The van der Waals surface area contributed by atoms with Crippen molar-refractivity contribution in [1.29, 1.82) is 0 Å². The molecule has 0 atom stereocenters. The normalized spacial score (nSPS) is 14.5. The first kappa shape index (κ1) is 15.5. The molecule has 0 aromatic heterocycles. The smallest absolute Gasteiger partial charge is 0.0727 e. The summed E-state index contributed by atoms with van der Waals surface area (Å²) in [5, 5.41) is 0. The molecule has 1 spiro atoms. The molecule has 4 N–H and O–H groups in total. The summed E-state index contributed by atoms with van der Waals surface area (Å²) in [5.74, 6) is 0. The SMILES string of the molecule is Cc1ccc2c(c1)-c1ccccc1C21c2cc(N)ccc2-c2ccc(N)cc21. The maximum Gasteiger partial charge on any atom is 0.0727 e. The zero-order chi connectivity index (χ0) is 19.0. The lowest BCUT2D eigenvalue weighted by Crippen LogP contribution is -2.26. The monoisotopic (exact) mass is 360 g/mol. The predicted octanol–water partition coefficient (Wildman–Crippen LogP) is 5.50. The maximum atomic E-state index is 6.29. The number of benzene rings is 4. The Hall–Kier alpha value is -3.52. The van der Waals surface area contributed by atoms with Crippen molar-refractivity contribution in [3.05, 3.63) is 107 Å². The Bertz CT molecular complexity index is 1250. The average Bonchev–Trinajstić information content (AvgIpc) is 3.14. The molecule has 0 heterocycles. The van der Waals surface area contributed by atoms with Crippen molar-refractivity contribution < 1.29 is 0 Å². The number of hydrogen-bond donors (Lipinski definition) is 2. The Morgan fingerprint density at radius 1 is 0.536 bits per heavy atom. The quantitative estimate of drug-likeness (QED) is 0.351. The van der Waals surface area contributed by atoms with Crippen molar-refractivity contribution in [1.82, 2.24) is 0 Å². The van der Waals surface area contributed by atoms with Gasteiger partial charge in [0.1, 0.15) is 0 Å². The van der Waals surface area contributed by atoms with Crippen LogP contribution in [0.4, 0.5) is 11.4 Å². The van der Waals surface area contributed by atoms with Crippen molar-refractivity contribution in [2.75, 3.05) is 11.5 Å². The highest BCUT2D eigenvalue weighted by atomic mass is 14.6. The predicted molar refractivity (Wildman–Crippen MR) is 116 cm³/mol. The Morgan fingerprint density at radius 2 is 1.11 bits per heavy atom. The fourth-order valence-electron chi connectivity index (χ4n) is 5.34. The summed E-state index contributed by atoms with van der Waals surface area (Å²) in [7, 11) is 0. The van der Waals surface area contributed by atoms with E-state index in [0.717, 1.165) is 11.4 Å². The number of rotatable bonds is 0. The van der Waals surface area contributed by atoms with E-state index in [2.05, 4.69) is 73.7 Å². The van der Waals surface area contributed by atoms with Gasteiger partial charge in [-0.15, -0.1) is 0 Å². The molecule has 0 saturated carbocycles. The van der Waals surface area contributed by atoms with Crippen LogP contribution in [-0.4, -0.2) is 0 Å². The molecule has 2 nitrogen and oxygen atoms in total. The third kappa shape index (κ3) is 1.68. The number of fused-ring (bicyclic) bond motifs is 10. The fraction of sp³-hybridized carbons (Fsp3) is 0.0769. The van der Waals surface area contributed by atoms with Gasteiger partial charge in [0.25, 0.3) is 0 Å². The first-order chi connectivity index (χ1) is 13.6. The molecule has 134 valence electrons. The molecular weight excluding hydrogens is 340 g/mol. The van der Waals surface area contributed by atoms with Crippen LogP contribution < -0.4 is 11.5 Å². The van der Waals surface area contributed by atoms with Crippen molar-refractivity contribution in [2.24, 2.45) is 0 Å². The minimum atomic E-state index is -0.366. The van der Waals surface area contributed by atoms with Gasteiger partial charge >= 0.3 is 0 Å². The summed E-state index contributed by atoms with van der Waals surface area (Å²) in [6.07, 6.45) is 0. The van der Waals surface area contributed by atoms with E-state index in [9.17, 15) is 0 Å². The van der Waals surface area contributed by atoms with Crippen molar-refractivity contribution in [3.8, 4) is 22.3 Å². The molecule has 28 heavy (non-hydrogen) atoms. The molecule has 0 radical (unpaired) electrons. The van der Waals surface area contributed by atoms with Crippen molar-refractivity contribution in [2.45, 2.75) is 12.3 Å². The van der Waals surface area contributed by atoms with Crippen molar-refractivity contribution >= 4 is 11.4 Å². The number of nitrogens with two attached hydrogens (primary N) is 2. The minimum Gasteiger partial charge on any atom is -0.399 e. The number of nitrogen functional groups attached to an aromatic ring is 2. The first-order valence-electron chi connectivity index (χ1n) is 9.62. The van der Waals surface area contributed by atoms with E-state index in [1.807, 2.05) is 12.1 Å². The molecule has 6 rings (SSSR count). The lowest BCUT2D eigenvalue weighted by Gasteiger charge is -2.30. The van der Waals surface area contributed by atoms with E-state index in [1.54, 1.807) is 0 Å². The molecular formula is C26H20N2. The Kier molecular flexibility index (Phi) is 2.80. The number of aryl methyl sites for hydroxylation is 1. The zero-order valence-electron chi connectivity index (χ0n) is 15.7. The van der Waals surface area contributed by atoms with Gasteiger partial charge in [0.2, 0.25) is 0 Å². The van der Waals surface area contributed by atoms with E-state index >= 15 is 0 Å². The number of anilines is 2. The molecule has 0 fully saturated rings. The number of hydrogen-bond acceptors (Lipinski definition) is 2. The minimum absolute atomic E-state index is 0.366. The van der Waals surface area contributed by atoms with Crippen LogP contribution in [0, 0.1) is 6.92 Å². The Labute approximate surface area is 164 Å². The summed E-state index contributed by atoms with van der Waals surface area (Å²) in [6, 6.07) is 28.2. The summed E-state index contributed by atoms with van der Waals surface area (Å²) < 4.78 is 0. The molecule has 2 heteroatoms. The van der Waals surface area contributed by atoms with Crippen LogP contribution >= 0.6 is 0 Å². The van der Waals surface area contributed by atoms with Gasteiger partial charge in [-0.3, -0.25) is 0 Å². The van der Waals surface area contributed by atoms with Gasteiger partial charge in [-0.25, -0.2) is 0 Å². The highest BCUT2D eigenvalue weighted by Gasteiger charge is 2.51. The molecule has 4 aromatic rings. The molecule has 0 amide bonds. The van der Waals surface area contributed by atoms with E-state index in [-0.39, 0.29) is 5.41 Å². The molecule has 0 unspecified atom stereocenters. The fourth-order valence-corrected chi connectivity index (χ4v) is 5.34. The first-order valence-corrected chi connectivity index (χ1v) is 9.62. The van der Waals surface area contributed by atoms with Gasteiger partial charge in [0.15, 0.2) is 0 Å². The molecule has 0 bridgehead atoms. The van der Waals surface area contributed by atoms with Gasteiger partial charge in [0.05, 0.1) is 5.41 Å². The second kappa shape index (κ2) is 5.05. The lowest BCUT2D eigenvalue weighted by molar-refractivity contribution is 0.794. The highest BCUT2D eigenvalue weighted by Crippen LogP contribution is 2.63. The standard InChI is InChI=1S/C26H20N2/c1-15-6-11-23-21(12-15)18-4-2-3-5-22(18)26(23)24-13-16(27)7-9-19(24)20-10-8-17(28)14-25(20)26/h2-14H,27-28H2,1H3. The summed E-state index contributed by atoms with van der Waals surface area (Å²) >= 11 is 0. The van der Waals surface area contributed by atoms with E-state index in [0.29, 0.717) is 0 Å². The Balaban J connectivity index is 1.87. The van der Waals surface area contributed by atoms with Gasteiger partial charge in [-0.1, -0.05) is 60.2 Å². The lowest BCUT2D eigenvalue weighted by atomic mass is 9.70. The van der Waals surface area contributed by atoms with Crippen LogP contribution in [0.2, 0.25) is 0 Å². The molecule has 0 saturated heterocycles. The van der Waals surface area contributed by atoms with Gasteiger partial charge < -0.3 is 11.5 Å². The van der Waals surface area contributed by atoms with Gasteiger partial charge in [-0.2, -0.15) is 0 Å². The van der Waals surface area contributed by atoms with Crippen molar-refractivity contribution in [3.63, 3.8) is 0 Å². The van der Waals surface area contributed by atoms with E-state index in [4.69, 9.17) is 11.5 Å². The van der Waals surface area contributed by atoms with Crippen LogP contribution in [0.3, 0.4) is 0 Å². The molecule has 0 aliphatic heterocycles. The van der Waals surface area contributed by atoms with Crippen LogP contribution in [0.1, 0.15) is 27.8 Å². The third-order valence-electron chi connectivity index (χ3n) is 6.39. The second-order valence-corrected chi connectivity index (χ2v) is 7.95. The summed E-state index contributed by atoms with van der Waals surface area (Å²) in [5.41, 5.74) is 25.3. The highest BCUT2D eigenvalue weighted by molar-refractivity contribution is 5.96. The molecule has 4 aromatic carbocycles. The van der Waals surface area contributed by atoms with Gasteiger partial charge in [-0.05, 0) is 75.7 Å². The average molecular weight is 360 g/mol. The molecule has 2 aliphatic rings. The van der Waals surface area contributed by atoms with Crippen LogP contribution in [0.5, 0.6) is 0 Å². The Morgan fingerprint density at radius 3 is 1.79 bits per heavy atom. The maximum absolute atomic E-state index is 6.29.